The van der Waals surface area contributed by atoms with Crippen molar-refractivity contribution in [3.63, 3.8) is 0 Å². The van der Waals surface area contributed by atoms with Gasteiger partial charge in [0.2, 0.25) is 0 Å². The lowest BCUT2D eigenvalue weighted by Crippen LogP contribution is -2.54. The van der Waals surface area contributed by atoms with E-state index in [9.17, 15) is 0 Å². The van der Waals surface area contributed by atoms with Crippen molar-refractivity contribution < 1.29 is 4.42 Å². The molecule has 0 spiro atoms. The lowest BCUT2D eigenvalue weighted by molar-refractivity contribution is 0.195. The number of aryl methyl sites for hydroxylation is 1. The molecule has 0 bridgehead atoms. The second-order valence-corrected chi connectivity index (χ2v) is 13.2. The van der Waals surface area contributed by atoms with Crippen LogP contribution in [0, 0.1) is 6.92 Å². The van der Waals surface area contributed by atoms with Crippen molar-refractivity contribution in [1.29, 1.82) is 0 Å². The van der Waals surface area contributed by atoms with Crippen LogP contribution in [0.2, 0.25) is 5.02 Å². The van der Waals surface area contributed by atoms with E-state index < -0.39 is 0 Å². The molecule has 1 saturated carbocycles. The first-order chi connectivity index (χ1) is 20.9. The Morgan fingerprint density at radius 1 is 0.744 bits per heavy atom. The van der Waals surface area contributed by atoms with Crippen molar-refractivity contribution in [2.75, 3.05) is 9.80 Å². The van der Waals surface area contributed by atoms with Crippen LogP contribution in [0.5, 0.6) is 0 Å². The van der Waals surface area contributed by atoms with Gasteiger partial charge in [0.1, 0.15) is 11.2 Å². The Balaban J connectivity index is 1.38. The number of nitrogens with zero attached hydrogens (tertiary/aromatic N) is 2. The number of benzene rings is 5. The van der Waals surface area contributed by atoms with Crippen molar-refractivity contribution in [2.45, 2.75) is 57.4 Å². The number of para-hydroxylation sites is 2. The van der Waals surface area contributed by atoms with Gasteiger partial charge >= 0.3 is 0 Å². The van der Waals surface area contributed by atoms with Gasteiger partial charge in [-0.1, -0.05) is 79.9 Å². The van der Waals surface area contributed by atoms with Gasteiger partial charge in [0, 0.05) is 38.6 Å². The fourth-order valence-corrected chi connectivity index (χ4v) is 8.27. The van der Waals surface area contributed by atoms with Crippen LogP contribution in [-0.2, 0) is 5.41 Å². The number of hydrogen-bond acceptors (Lipinski definition) is 3. The molecule has 1 aliphatic heterocycles. The molecule has 8 rings (SSSR count). The minimum atomic E-state index is -0.0122. The van der Waals surface area contributed by atoms with E-state index in [1.807, 2.05) is 24.3 Å². The molecule has 0 radical (unpaired) electrons. The Morgan fingerprint density at radius 2 is 1.51 bits per heavy atom. The first kappa shape index (κ1) is 26.4. The summed E-state index contributed by atoms with van der Waals surface area (Å²) < 4.78 is 6.33. The minimum Gasteiger partial charge on any atom is -0.456 e. The maximum absolute atomic E-state index is 6.63. The van der Waals surface area contributed by atoms with Crippen LogP contribution in [0.25, 0.3) is 21.9 Å². The van der Waals surface area contributed by atoms with E-state index in [0.717, 1.165) is 39.0 Å². The second kappa shape index (κ2) is 9.65. The van der Waals surface area contributed by atoms with Crippen LogP contribution in [0.4, 0.5) is 28.4 Å². The third-order valence-electron chi connectivity index (χ3n) is 10.3. The van der Waals surface area contributed by atoms with Gasteiger partial charge in [0.15, 0.2) is 0 Å². The van der Waals surface area contributed by atoms with E-state index in [2.05, 4.69) is 116 Å². The van der Waals surface area contributed by atoms with Gasteiger partial charge in [-0.2, -0.15) is 0 Å². The summed E-state index contributed by atoms with van der Waals surface area (Å²) in [5, 5.41) is 2.91. The third kappa shape index (κ3) is 3.87. The van der Waals surface area contributed by atoms with Gasteiger partial charge in [-0.15, -0.1) is 0 Å². The molecule has 0 N–H and O–H groups in total. The largest absolute Gasteiger partial charge is 0.456 e. The number of fused-ring (bicyclic) bond motifs is 6. The van der Waals surface area contributed by atoms with Gasteiger partial charge in [0.25, 0.3) is 0 Å². The van der Waals surface area contributed by atoms with E-state index in [1.165, 1.54) is 48.2 Å². The summed E-state index contributed by atoms with van der Waals surface area (Å²) in [4.78, 5) is 5.00. The molecule has 2 atom stereocenters. The van der Waals surface area contributed by atoms with Gasteiger partial charge in [-0.3, -0.25) is 0 Å². The summed E-state index contributed by atoms with van der Waals surface area (Å²) in [6.07, 6.45) is 4.90. The quantitative estimate of drug-likeness (QED) is 0.206. The first-order valence-corrected chi connectivity index (χ1v) is 15.7. The maximum atomic E-state index is 6.63. The molecular formula is C39H35ClN2O. The number of anilines is 5. The van der Waals surface area contributed by atoms with E-state index in [4.69, 9.17) is 16.0 Å². The standard InChI is InChI=1S/C39H35ClN2O/c1-26-22-29(25-30(23-26)42-33-16-6-5-15-32(33)38(2)20-8-9-21-39(38,42)3)41(28-13-10-12-27(40)24-28)34-17-11-19-36-37(34)31-14-4-7-18-35(31)43-36/h4-7,10-19,22-25H,8-9,20-21H2,1-3H3. The highest BCUT2D eigenvalue weighted by molar-refractivity contribution is 6.31. The normalized spacial score (nSPS) is 21.3. The van der Waals surface area contributed by atoms with Crippen LogP contribution in [0.15, 0.2) is 114 Å². The van der Waals surface area contributed by atoms with E-state index in [-0.39, 0.29) is 11.0 Å². The molecule has 1 aliphatic carbocycles. The third-order valence-corrected chi connectivity index (χ3v) is 10.5. The summed E-state index contributed by atoms with van der Waals surface area (Å²) in [6, 6.07) is 38.9. The Kier molecular flexibility index (Phi) is 5.93. The maximum Gasteiger partial charge on any atom is 0.137 e. The summed E-state index contributed by atoms with van der Waals surface area (Å²) in [5.74, 6) is 0. The predicted molar refractivity (Wildman–Crippen MR) is 181 cm³/mol. The fraction of sp³-hybridized carbons (Fsp3) is 0.231. The Labute approximate surface area is 258 Å². The Morgan fingerprint density at radius 3 is 2.40 bits per heavy atom. The molecule has 43 heavy (non-hydrogen) atoms. The molecule has 3 nitrogen and oxygen atoms in total. The molecule has 1 fully saturated rings. The molecule has 5 aromatic carbocycles. The zero-order chi connectivity index (χ0) is 29.3. The lowest BCUT2D eigenvalue weighted by atomic mass is 9.61. The van der Waals surface area contributed by atoms with Gasteiger partial charge < -0.3 is 14.2 Å². The van der Waals surface area contributed by atoms with Crippen LogP contribution in [-0.4, -0.2) is 5.54 Å². The van der Waals surface area contributed by atoms with Crippen molar-refractivity contribution in [3.8, 4) is 0 Å². The van der Waals surface area contributed by atoms with Crippen molar-refractivity contribution >= 4 is 62.0 Å². The smallest absolute Gasteiger partial charge is 0.137 e. The van der Waals surface area contributed by atoms with Gasteiger partial charge in [0.05, 0.1) is 16.6 Å². The van der Waals surface area contributed by atoms with Gasteiger partial charge in [-0.05, 0) is 98.5 Å². The topological polar surface area (TPSA) is 19.6 Å². The SMILES string of the molecule is Cc1cc(N(c2cccc(Cl)c2)c2cccc3oc4ccccc4c23)cc(N2c3ccccc3C3(C)CCCCC23C)c1. The van der Waals surface area contributed by atoms with Crippen LogP contribution >= 0.6 is 11.6 Å². The molecule has 214 valence electrons. The van der Waals surface area contributed by atoms with Crippen molar-refractivity contribution in [2.24, 2.45) is 0 Å². The summed E-state index contributed by atoms with van der Waals surface area (Å²) in [7, 11) is 0. The lowest BCUT2D eigenvalue weighted by Gasteiger charge is -2.50. The highest BCUT2D eigenvalue weighted by atomic mass is 35.5. The zero-order valence-corrected chi connectivity index (χ0v) is 25.7. The molecule has 1 aromatic heterocycles. The van der Waals surface area contributed by atoms with Gasteiger partial charge in [-0.25, -0.2) is 0 Å². The average Bonchev–Trinajstić information content (AvgIpc) is 3.48. The zero-order valence-electron chi connectivity index (χ0n) is 24.9. The predicted octanol–water partition coefficient (Wildman–Crippen LogP) is 11.8. The molecule has 4 heteroatoms. The molecule has 2 heterocycles. The Bertz CT molecular complexity index is 2030. The molecular weight excluding hydrogens is 548 g/mol. The average molecular weight is 583 g/mol. The van der Waals surface area contributed by atoms with Crippen LogP contribution in [0.3, 0.4) is 0 Å². The molecule has 2 aliphatic rings. The summed E-state index contributed by atoms with van der Waals surface area (Å²) >= 11 is 6.63. The second-order valence-electron chi connectivity index (χ2n) is 12.8. The summed E-state index contributed by atoms with van der Waals surface area (Å²) in [6.45, 7) is 7.19. The summed E-state index contributed by atoms with van der Waals surface area (Å²) in [5.41, 5.74) is 10.3. The van der Waals surface area contributed by atoms with Crippen molar-refractivity contribution in [3.05, 3.63) is 125 Å². The fourth-order valence-electron chi connectivity index (χ4n) is 8.09. The van der Waals surface area contributed by atoms with E-state index in [1.54, 1.807) is 0 Å². The highest BCUT2D eigenvalue weighted by Crippen LogP contribution is 2.61. The molecule has 6 aromatic rings. The van der Waals surface area contributed by atoms with Crippen LogP contribution < -0.4 is 9.80 Å². The monoisotopic (exact) mass is 582 g/mol. The number of rotatable bonds is 4. The number of hydrogen-bond donors (Lipinski definition) is 0. The number of furan rings is 1. The van der Waals surface area contributed by atoms with E-state index >= 15 is 0 Å². The van der Waals surface area contributed by atoms with E-state index in [0.29, 0.717) is 5.02 Å². The number of halogens is 1. The Hall–Kier alpha value is -4.21. The van der Waals surface area contributed by atoms with Crippen molar-refractivity contribution in [1.82, 2.24) is 0 Å². The minimum absolute atomic E-state index is 0.0122. The molecule has 0 saturated heterocycles. The molecule has 2 unspecified atom stereocenters. The highest BCUT2D eigenvalue weighted by Gasteiger charge is 2.57. The molecule has 0 amide bonds. The van der Waals surface area contributed by atoms with Crippen LogP contribution in [0.1, 0.15) is 50.7 Å². The first-order valence-electron chi connectivity index (χ1n) is 15.3.